The van der Waals surface area contributed by atoms with E-state index in [9.17, 15) is 8.42 Å². The van der Waals surface area contributed by atoms with Crippen LogP contribution in [-0.2, 0) is 17.1 Å². The van der Waals surface area contributed by atoms with Crippen molar-refractivity contribution in [1.82, 2.24) is 19.4 Å². The normalized spacial score (nSPS) is 25.0. The number of rotatable bonds is 3. The molecule has 7 heteroatoms. The Morgan fingerprint density at radius 3 is 2.36 bits per heavy atom. The van der Waals surface area contributed by atoms with Gasteiger partial charge in [0, 0.05) is 26.2 Å². The van der Waals surface area contributed by atoms with Crippen LogP contribution in [0.3, 0.4) is 0 Å². The van der Waals surface area contributed by atoms with Gasteiger partial charge in [0.2, 0.25) is 10.0 Å². The van der Waals surface area contributed by atoms with Gasteiger partial charge in [-0.3, -0.25) is 4.68 Å². The zero-order chi connectivity index (χ0) is 15.9. The van der Waals surface area contributed by atoms with E-state index in [4.69, 9.17) is 0 Å². The summed E-state index contributed by atoms with van der Waals surface area (Å²) in [4.78, 5) is 0.396. The highest BCUT2D eigenvalue weighted by Gasteiger charge is 2.35. The van der Waals surface area contributed by atoms with E-state index in [1.807, 2.05) is 6.92 Å². The zero-order valence-corrected chi connectivity index (χ0v) is 14.5. The van der Waals surface area contributed by atoms with E-state index in [0.29, 0.717) is 35.6 Å². The fourth-order valence-electron chi connectivity index (χ4n) is 3.89. The predicted molar refractivity (Wildman–Crippen MR) is 85.2 cm³/mol. The van der Waals surface area contributed by atoms with E-state index in [1.165, 1.54) is 12.8 Å². The number of nitrogens with one attached hydrogen (secondary N) is 1. The van der Waals surface area contributed by atoms with Gasteiger partial charge >= 0.3 is 0 Å². The second-order valence-electron chi connectivity index (χ2n) is 6.57. The van der Waals surface area contributed by atoms with E-state index in [1.54, 1.807) is 23.0 Å². The van der Waals surface area contributed by atoms with Crippen LogP contribution in [0.25, 0.3) is 0 Å². The molecule has 0 spiro atoms. The Hall–Kier alpha value is -0.920. The summed E-state index contributed by atoms with van der Waals surface area (Å²) >= 11 is 0. The molecule has 1 atom stereocenters. The molecule has 3 rings (SSSR count). The third-order valence-corrected chi connectivity index (χ3v) is 7.36. The van der Waals surface area contributed by atoms with E-state index < -0.39 is 10.0 Å². The lowest BCUT2D eigenvalue weighted by Crippen LogP contribution is -2.43. The van der Waals surface area contributed by atoms with Crippen LogP contribution in [0.1, 0.15) is 37.1 Å². The Morgan fingerprint density at radius 1 is 1.18 bits per heavy atom. The molecule has 2 fully saturated rings. The quantitative estimate of drug-likeness (QED) is 0.906. The van der Waals surface area contributed by atoms with E-state index in [0.717, 1.165) is 25.1 Å². The van der Waals surface area contributed by atoms with Crippen molar-refractivity contribution in [1.29, 1.82) is 0 Å². The zero-order valence-electron chi connectivity index (χ0n) is 13.7. The predicted octanol–water partition coefficient (Wildman–Crippen LogP) is 1.19. The van der Waals surface area contributed by atoms with Crippen LogP contribution < -0.4 is 5.32 Å². The minimum atomic E-state index is -3.42. The summed E-state index contributed by atoms with van der Waals surface area (Å²) in [6, 6.07) is 0.590. The fraction of sp³-hybridized carbons (Fsp3) is 0.800. The summed E-state index contributed by atoms with van der Waals surface area (Å²) in [7, 11) is -1.63. The molecule has 6 nitrogen and oxygen atoms in total. The van der Waals surface area contributed by atoms with Gasteiger partial charge in [-0.05, 0) is 52.0 Å². The highest BCUT2D eigenvalue weighted by Crippen LogP contribution is 2.30. The van der Waals surface area contributed by atoms with Gasteiger partial charge < -0.3 is 5.32 Å². The van der Waals surface area contributed by atoms with Crippen molar-refractivity contribution in [3.8, 4) is 0 Å². The van der Waals surface area contributed by atoms with Gasteiger partial charge in [-0.2, -0.15) is 9.40 Å². The molecule has 2 aliphatic heterocycles. The molecule has 1 N–H and O–H groups in total. The molecule has 22 heavy (non-hydrogen) atoms. The maximum absolute atomic E-state index is 12.9. The summed E-state index contributed by atoms with van der Waals surface area (Å²) in [5.74, 6) is 0.616. The van der Waals surface area contributed by atoms with Gasteiger partial charge in [-0.15, -0.1) is 0 Å². The van der Waals surface area contributed by atoms with E-state index in [2.05, 4.69) is 10.4 Å². The molecule has 0 bridgehead atoms. The monoisotopic (exact) mass is 326 g/mol. The van der Waals surface area contributed by atoms with Crippen molar-refractivity contribution >= 4 is 10.0 Å². The largest absolute Gasteiger partial charge is 0.314 e. The third kappa shape index (κ3) is 2.70. The molecular formula is C15H26N4O2S. The first-order valence-electron chi connectivity index (χ1n) is 8.15. The second kappa shape index (κ2) is 5.94. The van der Waals surface area contributed by atoms with Crippen molar-refractivity contribution in [3.05, 3.63) is 11.4 Å². The number of piperidine rings is 1. The molecule has 1 unspecified atom stereocenters. The Bertz CT molecular complexity index is 639. The third-order valence-electron chi connectivity index (χ3n) is 5.21. The molecule has 2 aliphatic rings. The van der Waals surface area contributed by atoms with Gasteiger partial charge in [0.1, 0.15) is 4.90 Å². The standard InChI is InChI=1S/C15H26N4O2S/c1-11-15(12(2)18(3)17-11)22(20,21)19-9-6-13(7-10-19)14-5-4-8-16-14/h13-14,16H,4-10H2,1-3H3. The van der Waals surface area contributed by atoms with Crippen LogP contribution in [0.15, 0.2) is 4.90 Å². The molecule has 1 aromatic rings. The van der Waals surface area contributed by atoms with Gasteiger partial charge in [-0.25, -0.2) is 8.42 Å². The minimum Gasteiger partial charge on any atom is -0.314 e. The number of aryl methyl sites for hydroxylation is 2. The Labute approximate surface area is 132 Å². The molecule has 3 heterocycles. The second-order valence-corrected chi connectivity index (χ2v) is 8.44. The van der Waals surface area contributed by atoms with Crippen molar-refractivity contribution in [2.24, 2.45) is 13.0 Å². The lowest BCUT2D eigenvalue weighted by molar-refractivity contribution is 0.234. The molecule has 2 saturated heterocycles. The molecular weight excluding hydrogens is 300 g/mol. The highest BCUT2D eigenvalue weighted by molar-refractivity contribution is 7.89. The summed E-state index contributed by atoms with van der Waals surface area (Å²) in [6.07, 6.45) is 4.39. The topological polar surface area (TPSA) is 67.2 Å². The van der Waals surface area contributed by atoms with Gasteiger partial charge in [0.25, 0.3) is 0 Å². The lowest BCUT2D eigenvalue weighted by Gasteiger charge is -2.34. The molecule has 0 aliphatic carbocycles. The maximum atomic E-state index is 12.9. The first-order valence-corrected chi connectivity index (χ1v) is 9.59. The van der Waals surface area contributed by atoms with Crippen LogP contribution in [0.4, 0.5) is 0 Å². The Morgan fingerprint density at radius 2 is 1.86 bits per heavy atom. The van der Waals surface area contributed by atoms with Crippen molar-refractivity contribution in [2.75, 3.05) is 19.6 Å². The number of hydrogen-bond acceptors (Lipinski definition) is 4. The Balaban J connectivity index is 1.74. The van der Waals surface area contributed by atoms with Gasteiger partial charge in [0.15, 0.2) is 0 Å². The summed E-state index contributed by atoms with van der Waals surface area (Å²) < 4.78 is 29.2. The smallest absolute Gasteiger partial charge is 0.246 e. The van der Waals surface area contributed by atoms with Crippen molar-refractivity contribution in [3.63, 3.8) is 0 Å². The average molecular weight is 326 g/mol. The number of sulfonamides is 1. The van der Waals surface area contributed by atoms with Crippen molar-refractivity contribution in [2.45, 2.75) is 50.5 Å². The molecule has 0 radical (unpaired) electrons. The number of nitrogens with zero attached hydrogens (tertiary/aromatic N) is 3. The van der Waals surface area contributed by atoms with Crippen LogP contribution in [0, 0.1) is 19.8 Å². The lowest BCUT2D eigenvalue weighted by atomic mass is 9.89. The Kier molecular flexibility index (Phi) is 4.31. The summed E-state index contributed by atoms with van der Waals surface area (Å²) in [5, 5.41) is 7.80. The van der Waals surface area contributed by atoms with Crippen LogP contribution in [-0.4, -0.2) is 48.2 Å². The first kappa shape index (κ1) is 16.0. The SMILES string of the molecule is Cc1nn(C)c(C)c1S(=O)(=O)N1CCC(C2CCCN2)CC1. The van der Waals surface area contributed by atoms with Crippen LogP contribution in [0.2, 0.25) is 0 Å². The molecule has 1 aromatic heterocycles. The molecule has 124 valence electrons. The molecule has 0 saturated carbocycles. The van der Waals surface area contributed by atoms with E-state index in [-0.39, 0.29) is 0 Å². The van der Waals surface area contributed by atoms with Crippen LogP contribution >= 0.6 is 0 Å². The van der Waals surface area contributed by atoms with Crippen molar-refractivity contribution < 1.29 is 8.42 Å². The average Bonchev–Trinajstić information content (AvgIpc) is 3.08. The highest BCUT2D eigenvalue weighted by atomic mass is 32.2. The minimum absolute atomic E-state index is 0.396. The van der Waals surface area contributed by atoms with E-state index >= 15 is 0 Å². The van der Waals surface area contributed by atoms with Gasteiger partial charge in [-0.1, -0.05) is 0 Å². The summed E-state index contributed by atoms with van der Waals surface area (Å²) in [5.41, 5.74) is 1.32. The summed E-state index contributed by atoms with van der Waals surface area (Å²) in [6.45, 7) is 5.95. The number of hydrogen-bond donors (Lipinski definition) is 1. The number of aromatic nitrogens is 2. The molecule has 0 aromatic carbocycles. The van der Waals surface area contributed by atoms with Crippen LogP contribution in [0.5, 0.6) is 0 Å². The fourth-order valence-corrected chi connectivity index (χ4v) is 5.76. The maximum Gasteiger partial charge on any atom is 0.246 e. The molecule has 0 amide bonds. The van der Waals surface area contributed by atoms with Gasteiger partial charge in [0.05, 0.1) is 11.4 Å². The first-order chi connectivity index (χ1) is 10.4.